The first-order valence-corrected chi connectivity index (χ1v) is 7.72. The Morgan fingerprint density at radius 2 is 2.04 bits per heavy atom. The zero-order valence-electron chi connectivity index (χ0n) is 13.7. The molecule has 0 bridgehead atoms. The lowest BCUT2D eigenvalue weighted by Crippen LogP contribution is -2.34. The smallest absolute Gasteiger partial charge is 0.331 e. The molecule has 0 heterocycles. The number of carbonyl (C=O) groups excluding carboxylic acids is 1. The Hall–Kier alpha value is -1.95. The molecular formula is C17H22FNO4. The molecular weight excluding hydrogens is 301 g/mol. The average molecular weight is 323 g/mol. The number of carbonyl (C=O) groups is 1. The number of nitrogens with zero attached hydrogens (tertiary/aromatic N) is 1. The lowest BCUT2D eigenvalue weighted by atomic mass is 9.78. The third-order valence-corrected chi connectivity index (χ3v) is 4.06. The lowest BCUT2D eigenvalue weighted by Gasteiger charge is -2.37. The molecule has 0 amide bonds. The summed E-state index contributed by atoms with van der Waals surface area (Å²) in [6, 6.07) is 4.49. The van der Waals surface area contributed by atoms with E-state index in [2.05, 4.69) is 5.16 Å². The van der Waals surface area contributed by atoms with Gasteiger partial charge in [-0.3, -0.25) is 0 Å². The first kappa shape index (κ1) is 17.4. The van der Waals surface area contributed by atoms with Crippen LogP contribution in [-0.2, 0) is 20.0 Å². The highest BCUT2D eigenvalue weighted by atomic mass is 19.1. The van der Waals surface area contributed by atoms with Gasteiger partial charge >= 0.3 is 5.97 Å². The Morgan fingerprint density at radius 3 is 2.61 bits per heavy atom. The van der Waals surface area contributed by atoms with Crippen molar-refractivity contribution in [2.24, 2.45) is 5.16 Å². The maximum Gasteiger partial charge on any atom is 0.331 e. The van der Waals surface area contributed by atoms with E-state index in [1.54, 1.807) is 13.2 Å². The Morgan fingerprint density at radius 1 is 1.35 bits per heavy atom. The van der Waals surface area contributed by atoms with Crippen LogP contribution in [0.5, 0.6) is 5.75 Å². The standard InChI is InChI=1S/C17H22FNO4/c1-4-22-16-6-5-13(18)11-15(16)17(21-3)9-7-14(8-10-17)19-23-12(2)20/h5-6,11H,4,7-10H2,1-3H3. The van der Waals surface area contributed by atoms with Crippen molar-refractivity contribution in [3.8, 4) is 5.75 Å². The number of ether oxygens (including phenoxy) is 2. The van der Waals surface area contributed by atoms with Crippen LogP contribution in [0.4, 0.5) is 4.39 Å². The van der Waals surface area contributed by atoms with Gasteiger partial charge in [-0.1, -0.05) is 5.16 Å². The molecule has 1 aliphatic rings. The van der Waals surface area contributed by atoms with E-state index in [1.807, 2.05) is 6.92 Å². The van der Waals surface area contributed by atoms with Crippen LogP contribution in [0.3, 0.4) is 0 Å². The van der Waals surface area contributed by atoms with Gasteiger partial charge in [0.05, 0.1) is 17.9 Å². The maximum atomic E-state index is 13.7. The molecule has 2 rings (SSSR count). The van der Waals surface area contributed by atoms with Gasteiger partial charge in [-0.15, -0.1) is 0 Å². The number of benzene rings is 1. The molecule has 0 aliphatic heterocycles. The summed E-state index contributed by atoms with van der Waals surface area (Å²) in [5.74, 6) is -0.125. The Kier molecular flexibility index (Phi) is 5.71. The van der Waals surface area contributed by atoms with E-state index in [-0.39, 0.29) is 5.82 Å². The normalized spacial score (nSPS) is 21.0. The molecule has 23 heavy (non-hydrogen) atoms. The van der Waals surface area contributed by atoms with Crippen LogP contribution in [0.2, 0.25) is 0 Å². The van der Waals surface area contributed by atoms with Gasteiger partial charge in [0, 0.05) is 19.6 Å². The molecule has 1 aliphatic carbocycles. The fourth-order valence-corrected chi connectivity index (χ4v) is 2.89. The van der Waals surface area contributed by atoms with Crippen LogP contribution < -0.4 is 4.74 Å². The van der Waals surface area contributed by atoms with Gasteiger partial charge in [-0.05, 0) is 50.8 Å². The van der Waals surface area contributed by atoms with Gasteiger partial charge < -0.3 is 14.3 Å². The van der Waals surface area contributed by atoms with Crippen LogP contribution in [0, 0.1) is 5.82 Å². The van der Waals surface area contributed by atoms with E-state index in [9.17, 15) is 9.18 Å². The molecule has 0 radical (unpaired) electrons. The molecule has 6 heteroatoms. The van der Waals surface area contributed by atoms with Gasteiger partial charge in [-0.2, -0.15) is 0 Å². The molecule has 1 saturated carbocycles. The van der Waals surface area contributed by atoms with Crippen LogP contribution in [-0.4, -0.2) is 25.4 Å². The first-order chi connectivity index (χ1) is 11.0. The van der Waals surface area contributed by atoms with Crippen LogP contribution in [0.1, 0.15) is 45.1 Å². The molecule has 1 aromatic rings. The van der Waals surface area contributed by atoms with Gasteiger partial charge in [0.1, 0.15) is 11.6 Å². The fourth-order valence-electron chi connectivity index (χ4n) is 2.89. The minimum atomic E-state index is -0.623. The van der Waals surface area contributed by atoms with Crippen LogP contribution >= 0.6 is 0 Å². The van der Waals surface area contributed by atoms with Crippen molar-refractivity contribution >= 4 is 11.7 Å². The highest BCUT2D eigenvalue weighted by Gasteiger charge is 2.38. The second-order valence-corrected chi connectivity index (χ2v) is 5.51. The molecule has 1 fully saturated rings. The largest absolute Gasteiger partial charge is 0.493 e. The molecule has 0 atom stereocenters. The molecule has 0 saturated heterocycles. The number of halogens is 1. The monoisotopic (exact) mass is 323 g/mol. The van der Waals surface area contributed by atoms with E-state index >= 15 is 0 Å². The summed E-state index contributed by atoms with van der Waals surface area (Å²) < 4.78 is 25.1. The second kappa shape index (κ2) is 7.55. The minimum absolute atomic E-state index is 0.320. The molecule has 0 spiro atoms. The van der Waals surface area contributed by atoms with E-state index in [1.165, 1.54) is 19.1 Å². The number of hydrogen-bond acceptors (Lipinski definition) is 5. The van der Waals surface area contributed by atoms with Crippen LogP contribution in [0.15, 0.2) is 23.4 Å². The molecule has 0 N–H and O–H groups in total. The molecule has 0 aromatic heterocycles. The number of hydrogen-bond donors (Lipinski definition) is 0. The summed E-state index contributed by atoms with van der Waals surface area (Å²) in [5.41, 5.74) is 0.901. The zero-order valence-corrected chi connectivity index (χ0v) is 13.7. The van der Waals surface area contributed by atoms with Crippen molar-refractivity contribution in [3.63, 3.8) is 0 Å². The molecule has 1 aromatic carbocycles. The number of rotatable bonds is 5. The summed E-state index contributed by atoms with van der Waals surface area (Å²) in [5, 5.41) is 3.86. The summed E-state index contributed by atoms with van der Waals surface area (Å²) in [6.45, 7) is 3.70. The Bertz CT molecular complexity index is 590. The van der Waals surface area contributed by atoms with Gasteiger partial charge in [0.25, 0.3) is 0 Å². The topological polar surface area (TPSA) is 57.1 Å². The highest BCUT2D eigenvalue weighted by Crippen LogP contribution is 2.43. The Balaban J connectivity index is 2.25. The van der Waals surface area contributed by atoms with E-state index in [0.717, 1.165) is 5.71 Å². The zero-order chi connectivity index (χ0) is 16.9. The van der Waals surface area contributed by atoms with E-state index in [0.29, 0.717) is 43.6 Å². The predicted molar refractivity (Wildman–Crippen MR) is 83.9 cm³/mol. The van der Waals surface area contributed by atoms with Crippen LogP contribution in [0.25, 0.3) is 0 Å². The average Bonchev–Trinajstić information content (AvgIpc) is 2.55. The quantitative estimate of drug-likeness (QED) is 0.614. The number of methoxy groups -OCH3 is 1. The summed E-state index contributed by atoms with van der Waals surface area (Å²) in [7, 11) is 1.62. The third kappa shape index (κ3) is 4.07. The summed E-state index contributed by atoms with van der Waals surface area (Å²) >= 11 is 0. The van der Waals surface area contributed by atoms with Gasteiger partial charge in [-0.25, -0.2) is 9.18 Å². The van der Waals surface area contributed by atoms with Crippen molar-refractivity contribution in [3.05, 3.63) is 29.6 Å². The van der Waals surface area contributed by atoms with E-state index in [4.69, 9.17) is 14.3 Å². The molecule has 0 unspecified atom stereocenters. The second-order valence-electron chi connectivity index (χ2n) is 5.51. The summed E-state index contributed by atoms with van der Waals surface area (Å²) in [6.07, 6.45) is 2.46. The fraction of sp³-hybridized carbons (Fsp3) is 0.529. The third-order valence-electron chi connectivity index (χ3n) is 4.06. The van der Waals surface area contributed by atoms with Crippen molar-refractivity contribution in [1.29, 1.82) is 0 Å². The molecule has 5 nitrogen and oxygen atoms in total. The van der Waals surface area contributed by atoms with Crippen molar-refractivity contribution < 1.29 is 23.5 Å². The van der Waals surface area contributed by atoms with Crippen molar-refractivity contribution in [1.82, 2.24) is 0 Å². The highest BCUT2D eigenvalue weighted by molar-refractivity contribution is 5.85. The first-order valence-electron chi connectivity index (χ1n) is 7.72. The predicted octanol–water partition coefficient (Wildman–Crippen LogP) is 3.56. The minimum Gasteiger partial charge on any atom is -0.493 e. The molecule has 126 valence electrons. The SMILES string of the molecule is CCOc1ccc(F)cc1C1(OC)CCC(=NOC(C)=O)CC1. The number of oxime groups is 1. The maximum absolute atomic E-state index is 13.7. The summed E-state index contributed by atoms with van der Waals surface area (Å²) in [4.78, 5) is 15.5. The van der Waals surface area contributed by atoms with E-state index < -0.39 is 11.6 Å². The van der Waals surface area contributed by atoms with Gasteiger partial charge in [0.2, 0.25) is 0 Å². The Labute approximate surface area is 135 Å². The van der Waals surface area contributed by atoms with Gasteiger partial charge in [0.15, 0.2) is 0 Å². The van der Waals surface area contributed by atoms with Crippen molar-refractivity contribution in [2.45, 2.75) is 45.1 Å². The lowest BCUT2D eigenvalue weighted by molar-refractivity contribution is -0.141. The van der Waals surface area contributed by atoms with Crippen molar-refractivity contribution in [2.75, 3.05) is 13.7 Å².